The third-order valence-electron chi connectivity index (χ3n) is 2.97. The summed E-state index contributed by atoms with van der Waals surface area (Å²) >= 11 is 0. The summed E-state index contributed by atoms with van der Waals surface area (Å²) in [7, 11) is 0. The molecule has 3 rings (SSSR count). The van der Waals surface area contributed by atoms with Gasteiger partial charge in [0.2, 0.25) is 0 Å². The van der Waals surface area contributed by atoms with E-state index in [2.05, 4.69) is 22.4 Å². The molecule has 0 unspecified atom stereocenters. The van der Waals surface area contributed by atoms with E-state index >= 15 is 0 Å². The van der Waals surface area contributed by atoms with Gasteiger partial charge in [-0.15, -0.1) is 10.2 Å². The summed E-state index contributed by atoms with van der Waals surface area (Å²) in [6.45, 7) is 2.93. The maximum absolute atomic E-state index is 13.6. The lowest BCUT2D eigenvalue weighted by Gasteiger charge is -2.02. The minimum absolute atomic E-state index is 0.248. The normalized spacial score (nSPS) is 10.9. The van der Waals surface area contributed by atoms with Gasteiger partial charge in [-0.2, -0.15) is 0 Å². The SMILES string of the molecule is CCCNc1ccc(-c2cc3cccc(F)c3o2)nn1. The summed E-state index contributed by atoms with van der Waals surface area (Å²) in [6, 6.07) is 10.2. The van der Waals surface area contributed by atoms with Crippen molar-refractivity contribution in [3.63, 3.8) is 0 Å². The molecule has 2 heterocycles. The first kappa shape index (κ1) is 12.6. The molecule has 0 radical (unpaired) electrons. The van der Waals surface area contributed by atoms with Crippen LogP contribution in [0.2, 0.25) is 0 Å². The predicted octanol–water partition coefficient (Wildman–Crippen LogP) is 3.85. The molecule has 0 amide bonds. The van der Waals surface area contributed by atoms with E-state index in [0.29, 0.717) is 11.5 Å². The Bertz CT molecular complexity index is 722. The van der Waals surface area contributed by atoms with Crippen molar-refractivity contribution >= 4 is 16.8 Å². The first-order chi connectivity index (χ1) is 9.78. The number of anilines is 1. The van der Waals surface area contributed by atoms with Crippen LogP contribution in [-0.2, 0) is 0 Å². The van der Waals surface area contributed by atoms with Gasteiger partial charge in [0.25, 0.3) is 0 Å². The quantitative estimate of drug-likeness (QED) is 0.783. The molecular weight excluding hydrogens is 257 g/mol. The van der Waals surface area contributed by atoms with Gasteiger partial charge in [0, 0.05) is 11.9 Å². The number of hydrogen-bond acceptors (Lipinski definition) is 4. The molecule has 1 aromatic carbocycles. The van der Waals surface area contributed by atoms with E-state index in [9.17, 15) is 4.39 Å². The first-order valence-corrected chi connectivity index (χ1v) is 6.54. The Balaban J connectivity index is 1.92. The summed E-state index contributed by atoms with van der Waals surface area (Å²) in [6.07, 6.45) is 1.02. The highest BCUT2D eigenvalue weighted by molar-refractivity contribution is 5.82. The van der Waals surface area contributed by atoms with Gasteiger partial charge in [0.05, 0.1) is 0 Å². The van der Waals surface area contributed by atoms with Crippen LogP contribution in [-0.4, -0.2) is 16.7 Å². The van der Waals surface area contributed by atoms with Crippen molar-refractivity contribution in [1.82, 2.24) is 10.2 Å². The number of para-hydroxylation sites is 1. The average Bonchev–Trinajstić information content (AvgIpc) is 2.91. The van der Waals surface area contributed by atoms with Gasteiger partial charge in [0.15, 0.2) is 17.2 Å². The molecule has 5 heteroatoms. The number of furan rings is 1. The molecule has 0 aliphatic rings. The maximum Gasteiger partial charge on any atom is 0.170 e. The van der Waals surface area contributed by atoms with Crippen LogP contribution in [0.15, 0.2) is 40.8 Å². The fourth-order valence-electron chi connectivity index (χ4n) is 1.96. The molecule has 20 heavy (non-hydrogen) atoms. The standard InChI is InChI=1S/C15H14FN3O/c1-2-8-17-14-7-6-12(18-19-14)13-9-10-4-3-5-11(16)15(10)20-13/h3-7,9H,2,8H2,1H3,(H,17,19). The van der Waals surface area contributed by atoms with Crippen molar-refractivity contribution < 1.29 is 8.81 Å². The van der Waals surface area contributed by atoms with E-state index in [0.717, 1.165) is 24.2 Å². The van der Waals surface area contributed by atoms with Crippen LogP contribution in [0, 0.1) is 5.82 Å². The van der Waals surface area contributed by atoms with Crippen molar-refractivity contribution in [3.8, 4) is 11.5 Å². The van der Waals surface area contributed by atoms with E-state index in [1.807, 2.05) is 6.07 Å². The number of fused-ring (bicyclic) bond motifs is 1. The second-order valence-corrected chi connectivity index (χ2v) is 4.50. The van der Waals surface area contributed by atoms with Crippen LogP contribution in [0.5, 0.6) is 0 Å². The Morgan fingerprint density at radius 2 is 2.10 bits per heavy atom. The Labute approximate surface area is 115 Å². The van der Waals surface area contributed by atoms with E-state index in [4.69, 9.17) is 4.42 Å². The summed E-state index contributed by atoms with van der Waals surface area (Å²) < 4.78 is 19.1. The topological polar surface area (TPSA) is 51.0 Å². The summed E-state index contributed by atoms with van der Waals surface area (Å²) in [5.41, 5.74) is 0.833. The molecule has 4 nitrogen and oxygen atoms in total. The number of nitrogens with zero attached hydrogens (tertiary/aromatic N) is 2. The Hall–Kier alpha value is -2.43. The lowest BCUT2D eigenvalue weighted by Crippen LogP contribution is -2.02. The van der Waals surface area contributed by atoms with Gasteiger partial charge in [-0.25, -0.2) is 4.39 Å². The van der Waals surface area contributed by atoms with E-state index in [1.54, 1.807) is 24.3 Å². The van der Waals surface area contributed by atoms with Gasteiger partial charge < -0.3 is 9.73 Å². The number of rotatable bonds is 4. The number of aromatic nitrogens is 2. The second-order valence-electron chi connectivity index (χ2n) is 4.50. The number of hydrogen-bond donors (Lipinski definition) is 1. The lowest BCUT2D eigenvalue weighted by molar-refractivity contribution is 0.567. The molecule has 0 aliphatic heterocycles. The minimum atomic E-state index is -0.372. The molecule has 0 fully saturated rings. The highest BCUT2D eigenvalue weighted by Crippen LogP contribution is 2.28. The van der Waals surface area contributed by atoms with E-state index in [-0.39, 0.29) is 11.4 Å². The van der Waals surface area contributed by atoms with Crippen molar-refractivity contribution in [2.45, 2.75) is 13.3 Å². The summed E-state index contributed by atoms with van der Waals surface area (Å²) in [4.78, 5) is 0. The zero-order valence-corrected chi connectivity index (χ0v) is 11.1. The molecule has 0 aliphatic carbocycles. The molecule has 0 saturated heterocycles. The fourth-order valence-corrected chi connectivity index (χ4v) is 1.96. The van der Waals surface area contributed by atoms with Crippen molar-refractivity contribution in [1.29, 1.82) is 0 Å². The molecule has 0 spiro atoms. The molecule has 1 N–H and O–H groups in total. The summed E-state index contributed by atoms with van der Waals surface area (Å²) in [5, 5.41) is 12.0. The number of nitrogens with one attached hydrogen (secondary N) is 1. The zero-order chi connectivity index (χ0) is 13.9. The van der Waals surface area contributed by atoms with Crippen molar-refractivity contribution in [3.05, 3.63) is 42.2 Å². The van der Waals surface area contributed by atoms with Crippen LogP contribution >= 0.6 is 0 Å². The Morgan fingerprint density at radius 3 is 2.80 bits per heavy atom. The fraction of sp³-hybridized carbons (Fsp3) is 0.200. The van der Waals surface area contributed by atoms with Crippen LogP contribution in [0.3, 0.4) is 0 Å². The van der Waals surface area contributed by atoms with Crippen LogP contribution < -0.4 is 5.32 Å². The third kappa shape index (κ3) is 2.34. The highest BCUT2D eigenvalue weighted by atomic mass is 19.1. The lowest BCUT2D eigenvalue weighted by atomic mass is 10.2. The average molecular weight is 271 g/mol. The monoisotopic (exact) mass is 271 g/mol. The highest BCUT2D eigenvalue weighted by Gasteiger charge is 2.11. The van der Waals surface area contributed by atoms with Gasteiger partial charge in [-0.05, 0) is 30.7 Å². The predicted molar refractivity (Wildman–Crippen MR) is 76.0 cm³/mol. The first-order valence-electron chi connectivity index (χ1n) is 6.54. The Kier molecular flexibility index (Phi) is 3.33. The maximum atomic E-state index is 13.6. The van der Waals surface area contributed by atoms with Gasteiger partial charge >= 0.3 is 0 Å². The summed E-state index contributed by atoms with van der Waals surface area (Å²) in [5.74, 6) is 0.862. The largest absolute Gasteiger partial charge is 0.451 e. The second kappa shape index (κ2) is 5.28. The van der Waals surface area contributed by atoms with Gasteiger partial charge in [0.1, 0.15) is 11.5 Å². The molecule has 0 atom stereocenters. The third-order valence-corrected chi connectivity index (χ3v) is 2.97. The zero-order valence-electron chi connectivity index (χ0n) is 11.1. The van der Waals surface area contributed by atoms with Crippen LogP contribution in [0.25, 0.3) is 22.4 Å². The molecule has 3 aromatic rings. The van der Waals surface area contributed by atoms with Gasteiger partial charge in [-0.3, -0.25) is 0 Å². The molecular formula is C15H14FN3O. The van der Waals surface area contributed by atoms with Crippen molar-refractivity contribution in [2.75, 3.05) is 11.9 Å². The molecule has 102 valence electrons. The minimum Gasteiger partial charge on any atom is -0.451 e. The molecule has 0 saturated carbocycles. The Morgan fingerprint density at radius 1 is 1.20 bits per heavy atom. The smallest absolute Gasteiger partial charge is 0.170 e. The van der Waals surface area contributed by atoms with Gasteiger partial charge in [-0.1, -0.05) is 19.1 Å². The van der Waals surface area contributed by atoms with Crippen LogP contribution in [0.4, 0.5) is 10.2 Å². The van der Waals surface area contributed by atoms with E-state index < -0.39 is 0 Å². The van der Waals surface area contributed by atoms with Crippen LogP contribution in [0.1, 0.15) is 13.3 Å². The molecule has 0 bridgehead atoms. The van der Waals surface area contributed by atoms with Crippen molar-refractivity contribution in [2.24, 2.45) is 0 Å². The number of benzene rings is 1. The van der Waals surface area contributed by atoms with E-state index in [1.165, 1.54) is 6.07 Å². The number of halogens is 1. The molecule has 2 aromatic heterocycles.